The molecule has 29 heavy (non-hydrogen) atoms. The third-order valence-electron chi connectivity index (χ3n) is 5.55. The van der Waals surface area contributed by atoms with E-state index in [4.69, 9.17) is 4.74 Å². The fourth-order valence-corrected chi connectivity index (χ4v) is 3.81. The van der Waals surface area contributed by atoms with E-state index >= 15 is 0 Å². The van der Waals surface area contributed by atoms with Gasteiger partial charge in [0.2, 0.25) is 11.9 Å². The SMILES string of the molecule is COc1ccccc1N1CCN(c2cccc3nc(NC(=O)C4CC4)nn23)CC1. The molecular formula is C21H24N6O2. The van der Waals surface area contributed by atoms with Gasteiger partial charge in [0.05, 0.1) is 12.8 Å². The molecule has 1 saturated carbocycles. The van der Waals surface area contributed by atoms with E-state index in [1.165, 1.54) is 0 Å². The Kier molecular flexibility index (Phi) is 4.46. The maximum absolute atomic E-state index is 12.0. The number of amides is 1. The standard InChI is InChI=1S/C21H24N6O2/c1-29-17-6-3-2-5-16(17)25-11-13-26(14-12-25)19-8-4-7-18-22-21(24-27(18)19)23-20(28)15-9-10-15/h2-8,15H,9-14H2,1H3,(H,23,24,28). The molecule has 5 rings (SSSR count). The zero-order chi connectivity index (χ0) is 19.8. The lowest BCUT2D eigenvalue weighted by atomic mass is 10.2. The summed E-state index contributed by atoms with van der Waals surface area (Å²) in [6.07, 6.45) is 1.92. The molecule has 3 heterocycles. The highest BCUT2D eigenvalue weighted by atomic mass is 16.5. The highest BCUT2D eigenvalue weighted by molar-refractivity contribution is 5.92. The van der Waals surface area contributed by atoms with Gasteiger partial charge in [-0.25, -0.2) is 0 Å². The summed E-state index contributed by atoms with van der Waals surface area (Å²) in [5, 5.41) is 7.38. The van der Waals surface area contributed by atoms with Crippen LogP contribution in [-0.2, 0) is 4.79 Å². The van der Waals surface area contributed by atoms with Crippen molar-refractivity contribution in [3.05, 3.63) is 42.5 Å². The number of carbonyl (C=O) groups excluding carboxylic acids is 1. The number of anilines is 3. The summed E-state index contributed by atoms with van der Waals surface area (Å²) in [6.45, 7) is 3.50. The molecule has 150 valence electrons. The summed E-state index contributed by atoms with van der Waals surface area (Å²) in [5.41, 5.74) is 1.86. The zero-order valence-corrected chi connectivity index (χ0v) is 16.4. The summed E-state index contributed by atoms with van der Waals surface area (Å²) < 4.78 is 7.33. The molecule has 1 amide bonds. The first-order chi connectivity index (χ1) is 14.2. The van der Waals surface area contributed by atoms with Crippen LogP contribution in [0.1, 0.15) is 12.8 Å². The number of aromatic nitrogens is 3. The van der Waals surface area contributed by atoms with Crippen LogP contribution >= 0.6 is 0 Å². The van der Waals surface area contributed by atoms with E-state index in [2.05, 4.69) is 31.3 Å². The van der Waals surface area contributed by atoms with Gasteiger partial charge in [-0.2, -0.15) is 9.50 Å². The Hall–Kier alpha value is -3.29. The van der Waals surface area contributed by atoms with E-state index in [0.29, 0.717) is 5.95 Å². The number of piperazine rings is 1. The molecule has 2 fully saturated rings. The minimum absolute atomic E-state index is 0.0212. The lowest BCUT2D eigenvalue weighted by Crippen LogP contribution is -2.47. The quantitative estimate of drug-likeness (QED) is 0.719. The van der Waals surface area contributed by atoms with Gasteiger partial charge >= 0.3 is 0 Å². The maximum Gasteiger partial charge on any atom is 0.249 e. The number of pyridine rings is 1. The van der Waals surface area contributed by atoms with Crippen LogP contribution in [0.4, 0.5) is 17.5 Å². The van der Waals surface area contributed by atoms with Crippen molar-refractivity contribution in [3.63, 3.8) is 0 Å². The number of rotatable bonds is 5. The second-order valence-corrected chi connectivity index (χ2v) is 7.50. The van der Waals surface area contributed by atoms with Crippen LogP contribution in [0, 0.1) is 5.92 Å². The van der Waals surface area contributed by atoms with E-state index in [1.54, 1.807) is 7.11 Å². The predicted molar refractivity (Wildman–Crippen MR) is 112 cm³/mol. The molecule has 0 unspecified atom stereocenters. The molecule has 8 heteroatoms. The number of benzene rings is 1. The molecule has 0 radical (unpaired) electrons. The molecule has 1 N–H and O–H groups in total. The fraction of sp³-hybridized carbons (Fsp3) is 0.381. The normalized spacial score (nSPS) is 16.9. The van der Waals surface area contributed by atoms with Crippen LogP contribution in [0.25, 0.3) is 5.65 Å². The topological polar surface area (TPSA) is 75.0 Å². The average molecular weight is 392 g/mol. The summed E-state index contributed by atoms with van der Waals surface area (Å²) >= 11 is 0. The van der Waals surface area contributed by atoms with Crippen LogP contribution in [0.15, 0.2) is 42.5 Å². The number of methoxy groups -OCH3 is 1. The predicted octanol–water partition coefficient (Wildman–Crippen LogP) is 2.41. The molecule has 2 aliphatic rings. The van der Waals surface area contributed by atoms with Crippen LogP contribution in [-0.4, -0.2) is 53.8 Å². The van der Waals surface area contributed by atoms with Gasteiger partial charge in [0.15, 0.2) is 5.65 Å². The van der Waals surface area contributed by atoms with Crippen molar-refractivity contribution < 1.29 is 9.53 Å². The summed E-state index contributed by atoms with van der Waals surface area (Å²) in [4.78, 5) is 21.2. The smallest absolute Gasteiger partial charge is 0.249 e. The lowest BCUT2D eigenvalue weighted by Gasteiger charge is -2.37. The Balaban J connectivity index is 1.33. The van der Waals surface area contributed by atoms with Gasteiger partial charge in [-0.3, -0.25) is 10.1 Å². The molecule has 0 bridgehead atoms. The van der Waals surface area contributed by atoms with Crippen molar-refractivity contribution in [1.29, 1.82) is 0 Å². The van der Waals surface area contributed by atoms with Gasteiger partial charge in [-0.15, -0.1) is 5.10 Å². The molecule has 0 atom stereocenters. The fourth-order valence-electron chi connectivity index (χ4n) is 3.81. The molecule has 0 spiro atoms. The first-order valence-corrected chi connectivity index (χ1v) is 10.0. The molecule has 1 aliphatic heterocycles. The van der Waals surface area contributed by atoms with Gasteiger partial charge in [-0.05, 0) is 37.1 Å². The first kappa shape index (κ1) is 17.8. The Bertz CT molecular complexity index is 1040. The second kappa shape index (κ2) is 7.27. The number of nitrogens with one attached hydrogen (secondary N) is 1. The highest BCUT2D eigenvalue weighted by Gasteiger charge is 2.30. The van der Waals surface area contributed by atoms with Crippen LogP contribution in [0.5, 0.6) is 5.75 Å². The van der Waals surface area contributed by atoms with E-state index in [0.717, 1.165) is 61.9 Å². The first-order valence-electron chi connectivity index (χ1n) is 10.0. The minimum atomic E-state index is 0.0212. The number of carbonyl (C=O) groups is 1. The van der Waals surface area contributed by atoms with Crippen LogP contribution in [0.2, 0.25) is 0 Å². The largest absolute Gasteiger partial charge is 0.495 e. The van der Waals surface area contributed by atoms with Crippen molar-refractivity contribution in [2.75, 3.05) is 48.4 Å². The molecule has 2 aromatic heterocycles. The van der Waals surface area contributed by atoms with E-state index in [9.17, 15) is 4.79 Å². The van der Waals surface area contributed by atoms with E-state index < -0.39 is 0 Å². The minimum Gasteiger partial charge on any atom is -0.495 e. The molecular weight excluding hydrogens is 368 g/mol. The molecule has 1 aromatic carbocycles. The van der Waals surface area contributed by atoms with Crippen molar-refractivity contribution in [2.24, 2.45) is 5.92 Å². The Morgan fingerprint density at radius 2 is 1.79 bits per heavy atom. The third kappa shape index (κ3) is 3.46. The summed E-state index contributed by atoms with van der Waals surface area (Å²) in [5.74, 6) is 2.41. The third-order valence-corrected chi connectivity index (χ3v) is 5.55. The van der Waals surface area contributed by atoms with Gasteiger partial charge < -0.3 is 14.5 Å². The highest BCUT2D eigenvalue weighted by Crippen LogP contribution is 2.31. The number of ether oxygens (including phenoxy) is 1. The van der Waals surface area contributed by atoms with Gasteiger partial charge in [-0.1, -0.05) is 18.2 Å². The van der Waals surface area contributed by atoms with Crippen LogP contribution in [0.3, 0.4) is 0 Å². The lowest BCUT2D eigenvalue weighted by molar-refractivity contribution is -0.117. The average Bonchev–Trinajstić information content (AvgIpc) is 3.54. The number of nitrogens with zero attached hydrogens (tertiary/aromatic N) is 5. The number of hydrogen-bond acceptors (Lipinski definition) is 6. The van der Waals surface area contributed by atoms with Gasteiger partial charge in [0, 0.05) is 32.1 Å². The summed E-state index contributed by atoms with van der Waals surface area (Å²) in [7, 11) is 1.71. The van der Waals surface area contributed by atoms with Gasteiger partial charge in [0.25, 0.3) is 0 Å². The van der Waals surface area contributed by atoms with E-state index in [1.807, 2.05) is 40.9 Å². The summed E-state index contributed by atoms with van der Waals surface area (Å²) in [6, 6.07) is 14.1. The van der Waals surface area contributed by atoms with Crippen molar-refractivity contribution in [1.82, 2.24) is 14.6 Å². The molecule has 3 aromatic rings. The Labute approximate surface area is 169 Å². The second-order valence-electron chi connectivity index (χ2n) is 7.50. The van der Waals surface area contributed by atoms with Crippen molar-refractivity contribution >= 4 is 29.0 Å². The van der Waals surface area contributed by atoms with Crippen molar-refractivity contribution in [2.45, 2.75) is 12.8 Å². The number of para-hydroxylation sites is 2. The number of fused-ring (bicyclic) bond motifs is 1. The monoisotopic (exact) mass is 392 g/mol. The Morgan fingerprint density at radius 3 is 2.55 bits per heavy atom. The molecule has 1 aliphatic carbocycles. The Morgan fingerprint density at radius 1 is 1.03 bits per heavy atom. The zero-order valence-electron chi connectivity index (χ0n) is 16.4. The van der Waals surface area contributed by atoms with Gasteiger partial charge in [0.1, 0.15) is 11.6 Å². The van der Waals surface area contributed by atoms with E-state index in [-0.39, 0.29) is 11.8 Å². The molecule has 8 nitrogen and oxygen atoms in total. The van der Waals surface area contributed by atoms with Crippen molar-refractivity contribution in [3.8, 4) is 5.75 Å². The number of hydrogen-bond donors (Lipinski definition) is 1. The van der Waals surface area contributed by atoms with Crippen LogP contribution < -0.4 is 19.9 Å². The maximum atomic E-state index is 12.0. The molecule has 1 saturated heterocycles.